The second-order valence-electron chi connectivity index (χ2n) is 4.92. The van der Waals surface area contributed by atoms with Crippen molar-refractivity contribution in [3.05, 3.63) is 36.2 Å². The lowest BCUT2D eigenvalue weighted by atomic mass is 10.2. The van der Waals surface area contributed by atoms with E-state index in [-0.39, 0.29) is 5.92 Å². The van der Waals surface area contributed by atoms with Gasteiger partial charge in [-0.1, -0.05) is 19.9 Å². The average molecular weight is 287 g/mol. The maximum Gasteiger partial charge on any atom is 0.224 e. The van der Waals surface area contributed by atoms with Crippen molar-refractivity contribution >= 4 is 5.82 Å². The second kappa shape index (κ2) is 6.92. The number of nitrogens with one attached hydrogen (secondary N) is 1. The molecule has 2 rings (SSSR count). The van der Waals surface area contributed by atoms with Gasteiger partial charge in [-0.3, -0.25) is 0 Å². The number of methoxy groups -OCH3 is 1. The van der Waals surface area contributed by atoms with E-state index in [4.69, 9.17) is 9.47 Å². The Kier molecular flexibility index (Phi) is 4.98. The summed E-state index contributed by atoms with van der Waals surface area (Å²) in [5, 5.41) is 3.20. The molecule has 1 N–H and O–H groups in total. The summed E-state index contributed by atoms with van der Waals surface area (Å²) in [6, 6.07) is 9.24. The fourth-order valence-electron chi connectivity index (χ4n) is 1.81. The minimum Gasteiger partial charge on any atom is -0.497 e. The Morgan fingerprint density at radius 1 is 1.14 bits per heavy atom. The van der Waals surface area contributed by atoms with Crippen LogP contribution < -0.4 is 14.8 Å². The third-order valence-corrected chi connectivity index (χ3v) is 2.86. The van der Waals surface area contributed by atoms with E-state index >= 15 is 0 Å². The van der Waals surface area contributed by atoms with Gasteiger partial charge in [-0.05, 0) is 19.1 Å². The lowest BCUT2D eigenvalue weighted by Gasteiger charge is -2.12. The van der Waals surface area contributed by atoms with E-state index in [0.29, 0.717) is 11.6 Å². The van der Waals surface area contributed by atoms with E-state index in [0.717, 1.165) is 23.9 Å². The molecule has 1 aromatic heterocycles. The molecule has 0 spiro atoms. The van der Waals surface area contributed by atoms with E-state index in [1.165, 1.54) is 0 Å². The third kappa shape index (κ3) is 4.08. The van der Waals surface area contributed by atoms with Crippen LogP contribution in [0.5, 0.6) is 17.4 Å². The number of rotatable bonds is 6. The minimum absolute atomic E-state index is 0.233. The lowest BCUT2D eigenvalue weighted by Crippen LogP contribution is -2.05. The molecule has 0 aliphatic carbocycles. The van der Waals surface area contributed by atoms with Gasteiger partial charge in [0, 0.05) is 24.6 Å². The Bertz CT molecular complexity index is 600. The zero-order valence-electron chi connectivity index (χ0n) is 12.9. The summed E-state index contributed by atoms with van der Waals surface area (Å²) in [6.07, 6.45) is 0. The van der Waals surface area contributed by atoms with Crippen molar-refractivity contribution < 1.29 is 9.47 Å². The Hall–Kier alpha value is -2.30. The zero-order chi connectivity index (χ0) is 15.2. The molecule has 0 aliphatic heterocycles. The van der Waals surface area contributed by atoms with Crippen LogP contribution in [0.4, 0.5) is 5.82 Å². The standard InChI is InChI=1S/C16H21N3O2/c1-5-17-14-10-15(19-16(18-14)11(2)3)21-13-8-6-7-12(9-13)20-4/h6-11H,5H2,1-4H3,(H,17,18,19). The topological polar surface area (TPSA) is 56.3 Å². The van der Waals surface area contributed by atoms with E-state index in [1.54, 1.807) is 13.2 Å². The van der Waals surface area contributed by atoms with Gasteiger partial charge in [-0.15, -0.1) is 0 Å². The van der Waals surface area contributed by atoms with Gasteiger partial charge in [0.05, 0.1) is 7.11 Å². The van der Waals surface area contributed by atoms with Crippen LogP contribution in [-0.2, 0) is 0 Å². The smallest absolute Gasteiger partial charge is 0.224 e. The van der Waals surface area contributed by atoms with Crippen LogP contribution in [0.3, 0.4) is 0 Å². The first-order valence-electron chi connectivity index (χ1n) is 7.07. The highest BCUT2D eigenvalue weighted by Gasteiger charge is 2.09. The van der Waals surface area contributed by atoms with Crippen molar-refractivity contribution in [3.8, 4) is 17.4 Å². The molecule has 1 heterocycles. The van der Waals surface area contributed by atoms with Gasteiger partial charge in [0.2, 0.25) is 5.88 Å². The van der Waals surface area contributed by atoms with Gasteiger partial charge < -0.3 is 14.8 Å². The van der Waals surface area contributed by atoms with E-state index in [2.05, 4.69) is 29.1 Å². The Morgan fingerprint density at radius 3 is 2.57 bits per heavy atom. The molecule has 0 atom stereocenters. The summed E-state index contributed by atoms with van der Waals surface area (Å²) >= 11 is 0. The predicted molar refractivity (Wildman–Crippen MR) is 83.4 cm³/mol. The number of nitrogens with zero attached hydrogens (tertiary/aromatic N) is 2. The van der Waals surface area contributed by atoms with Crippen molar-refractivity contribution in [2.75, 3.05) is 19.0 Å². The van der Waals surface area contributed by atoms with Crippen molar-refractivity contribution in [1.82, 2.24) is 9.97 Å². The van der Waals surface area contributed by atoms with Crippen molar-refractivity contribution in [2.45, 2.75) is 26.7 Å². The maximum atomic E-state index is 5.83. The summed E-state index contributed by atoms with van der Waals surface area (Å²) in [4.78, 5) is 8.92. The summed E-state index contributed by atoms with van der Waals surface area (Å²) in [5.41, 5.74) is 0. The van der Waals surface area contributed by atoms with Crippen LogP contribution >= 0.6 is 0 Å². The largest absolute Gasteiger partial charge is 0.497 e. The number of hydrogen-bond acceptors (Lipinski definition) is 5. The number of aromatic nitrogens is 2. The molecule has 112 valence electrons. The molecular formula is C16H21N3O2. The molecule has 5 heteroatoms. The van der Waals surface area contributed by atoms with Crippen LogP contribution in [0.1, 0.15) is 32.5 Å². The summed E-state index contributed by atoms with van der Waals surface area (Å²) in [7, 11) is 1.63. The van der Waals surface area contributed by atoms with Crippen molar-refractivity contribution in [2.24, 2.45) is 0 Å². The van der Waals surface area contributed by atoms with Crippen molar-refractivity contribution in [1.29, 1.82) is 0 Å². The first-order valence-corrected chi connectivity index (χ1v) is 7.07. The normalized spacial score (nSPS) is 10.5. The monoisotopic (exact) mass is 287 g/mol. The fourth-order valence-corrected chi connectivity index (χ4v) is 1.81. The van der Waals surface area contributed by atoms with Crippen molar-refractivity contribution in [3.63, 3.8) is 0 Å². The van der Waals surface area contributed by atoms with E-state index in [9.17, 15) is 0 Å². The average Bonchev–Trinajstić information content (AvgIpc) is 2.47. The van der Waals surface area contributed by atoms with Gasteiger partial charge >= 0.3 is 0 Å². The highest BCUT2D eigenvalue weighted by atomic mass is 16.5. The molecule has 21 heavy (non-hydrogen) atoms. The fraction of sp³-hybridized carbons (Fsp3) is 0.375. The van der Waals surface area contributed by atoms with E-state index < -0.39 is 0 Å². The molecule has 2 aromatic rings. The van der Waals surface area contributed by atoms with Gasteiger partial charge in [-0.2, -0.15) is 4.98 Å². The molecule has 0 saturated heterocycles. The third-order valence-electron chi connectivity index (χ3n) is 2.86. The first kappa shape index (κ1) is 15.1. The Balaban J connectivity index is 2.29. The van der Waals surface area contributed by atoms with E-state index in [1.807, 2.05) is 31.2 Å². The Morgan fingerprint density at radius 2 is 1.90 bits per heavy atom. The van der Waals surface area contributed by atoms with Gasteiger partial charge in [-0.25, -0.2) is 4.98 Å². The van der Waals surface area contributed by atoms with Gasteiger partial charge in [0.25, 0.3) is 0 Å². The molecule has 0 unspecified atom stereocenters. The molecule has 1 aromatic carbocycles. The van der Waals surface area contributed by atoms with Crippen LogP contribution in [0.15, 0.2) is 30.3 Å². The molecule has 0 fully saturated rings. The number of benzene rings is 1. The maximum absolute atomic E-state index is 5.83. The highest BCUT2D eigenvalue weighted by Crippen LogP contribution is 2.26. The number of anilines is 1. The quantitative estimate of drug-likeness (QED) is 0.875. The first-order chi connectivity index (χ1) is 10.1. The molecule has 0 aliphatic rings. The molecule has 0 amide bonds. The number of ether oxygens (including phenoxy) is 2. The molecule has 5 nitrogen and oxygen atoms in total. The van der Waals surface area contributed by atoms with Crippen LogP contribution in [0, 0.1) is 0 Å². The Labute approximate surface area is 125 Å². The SMILES string of the molecule is CCNc1cc(Oc2cccc(OC)c2)nc(C(C)C)n1. The highest BCUT2D eigenvalue weighted by molar-refractivity contribution is 5.41. The minimum atomic E-state index is 0.233. The van der Waals surface area contributed by atoms with Crippen LogP contribution in [0.2, 0.25) is 0 Å². The molecule has 0 radical (unpaired) electrons. The molecular weight excluding hydrogens is 266 g/mol. The zero-order valence-corrected chi connectivity index (χ0v) is 12.9. The number of hydrogen-bond donors (Lipinski definition) is 1. The predicted octanol–water partition coefficient (Wildman–Crippen LogP) is 3.83. The molecule has 0 saturated carbocycles. The summed E-state index contributed by atoms with van der Waals surface area (Å²) in [5.74, 6) is 3.72. The van der Waals surface area contributed by atoms with Gasteiger partial charge in [0.1, 0.15) is 23.1 Å². The second-order valence-corrected chi connectivity index (χ2v) is 4.92. The molecule has 0 bridgehead atoms. The van der Waals surface area contributed by atoms with Crippen LogP contribution in [0.25, 0.3) is 0 Å². The summed E-state index contributed by atoms with van der Waals surface area (Å²) in [6.45, 7) is 6.94. The summed E-state index contributed by atoms with van der Waals surface area (Å²) < 4.78 is 11.0. The lowest BCUT2D eigenvalue weighted by molar-refractivity contribution is 0.407. The van der Waals surface area contributed by atoms with Gasteiger partial charge in [0.15, 0.2) is 0 Å². The van der Waals surface area contributed by atoms with Crippen LogP contribution in [-0.4, -0.2) is 23.6 Å².